The number of dihydropyridines is 1. The highest BCUT2D eigenvalue weighted by atomic mass is 28.2. The zero-order chi connectivity index (χ0) is 22.9. The molecule has 0 saturated carbocycles. The third-order valence-corrected chi connectivity index (χ3v) is 9.63. The molecule has 0 saturated heterocycles. The number of nitriles is 1. The minimum Gasteiger partial charge on any atom is -0.342 e. The van der Waals surface area contributed by atoms with E-state index in [4.69, 9.17) is 4.99 Å². The highest BCUT2D eigenvalue weighted by Crippen LogP contribution is 2.41. The molecule has 34 heavy (non-hydrogen) atoms. The molecule has 2 radical (unpaired) electrons. The van der Waals surface area contributed by atoms with Crippen LogP contribution in [-0.2, 0) is 0 Å². The highest BCUT2D eigenvalue weighted by molar-refractivity contribution is 6.58. The van der Waals surface area contributed by atoms with Crippen LogP contribution in [0, 0.1) is 23.2 Å². The molecule has 5 atom stereocenters. The van der Waals surface area contributed by atoms with Gasteiger partial charge in [-0.2, -0.15) is 5.26 Å². The summed E-state index contributed by atoms with van der Waals surface area (Å²) in [6.07, 6.45) is 26.1. The first-order chi connectivity index (χ1) is 16.8. The summed E-state index contributed by atoms with van der Waals surface area (Å²) in [5.74, 6) is 0.234. The van der Waals surface area contributed by atoms with Crippen LogP contribution in [0.25, 0.3) is 0 Å². The first-order valence-electron chi connectivity index (χ1n) is 12.8. The fraction of sp³-hybridized carbons (Fsp3) is 0.400. The molecule has 170 valence electrons. The molecule has 1 aromatic rings. The van der Waals surface area contributed by atoms with Crippen molar-refractivity contribution in [2.75, 3.05) is 4.90 Å². The Labute approximate surface area is 205 Å². The summed E-state index contributed by atoms with van der Waals surface area (Å²) in [4.78, 5) is 7.42. The lowest BCUT2D eigenvalue weighted by Gasteiger charge is -2.46. The standard InChI is InChI=1S/C30H31N3Si/c31-20-24-11-7-17-32-30(24)23-10-5-8-21(18-23)22-9-6-12-25(19-22)33-26-13-1-3-15-28(26)34-29-16-4-2-14-27(29)33/h1,3-4,7,9,11,13,15-19,23-24,27,29-30H,2,5-6,8,10,12,14H2. The van der Waals surface area contributed by atoms with Gasteiger partial charge in [-0.1, -0.05) is 48.6 Å². The lowest BCUT2D eigenvalue weighted by Crippen LogP contribution is -2.49. The maximum absolute atomic E-state index is 9.63. The number of hydrogen-bond donors (Lipinski definition) is 0. The van der Waals surface area contributed by atoms with E-state index in [0.29, 0.717) is 17.5 Å². The number of nitrogens with zero attached hydrogens (tertiary/aromatic N) is 3. The average molecular weight is 462 g/mol. The van der Waals surface area contributed by atoms with E-state index < -0.39 is 0 Å². The summed E-state index contributed by atoms with van der Waals surface area (Å²) in [5.41, 5.74) is 6.42. The summed E-state index contributed by atoms with van der Waals surface area (Å²) < 4.78 is 0. The number of para-hydroxylation sites is 1. The van der Waals surface area contributed by atoms with Crippen molar-refractivity contribution in [2.24, 2.45) is 16.8 Å². The average Bonchev–Trinajstić information content (AvgIpc) is 2.91. The van der Waals surface area contributed by atoms with Crippen molar-refractivity contribution in [1.29, 1.82) is 5.26 Å². The van der Waals surface area contributed by atoms with Crippen LogP contribution in [0.3, 0.4) is 0 Å². The van der Waals surface area contributed by atoms with Crippen molar-refractivity contribution in [3.8, 4) is 6.07 Å². The first-order valence-corrected chi connectivity index (χ1v) is 13.9. The summed E-state index contributed by atoms with van der Waals surface area (Å²) in [5, 5.41) is 11.1. The van der Waals surface area contributed by atoms with Crippen LogP contribution in [0.2, 0.25) is 5.54 Å². The van der Waals surface area contributed by atoms with Gasteiger partial charge in [0, 0.05) is 29.6 Å². The van der Waals surface area contributed by atoms with Gasteiger partial charge in [-0.25, -0.2) is 0 Å². The lowest BCUT2D eigenvalue weighted by atomic mass is 9.78. The van der Waals surface area contributed by atoms with Gasteiger partial charge in [0.1, 0.15) is 0 Å². The number of anilines is 1. The van der Waals surface area contributed by atoms with E-state index >= 15 is 0 Å². The van der Waals surface area contributed by atoms with Crippen LogP contribution in [0.5, 0.6) is 0 Å². The molecule has 5 unspecified atom stereocenters. The van der Waals surface area contributed by atoms with Crippen LogP contribution in [0.4, 0.5) is 5.69 Å². The van der Waals surface area contributed by atoms with Crippen molar-refractivity contribution >= 4 is 26.6 Å². The molecule has 2 heterocycles. The summed E-state index contributed by atoms with van der Waals surface area (Å²) in [7, 11) is 0.870. The van der Waals surface area contributed by atoms with E-state index in [-0.39, 0.29) is 12.0 Å². The lowest BCUT2D eigenvalue weighted by molar-refractivity contribution is 0.405. The van der Waals surface area contributed by atoms with Crippen LogP contribution in [-0.4, -0.2) is 27.8 Å². The van der Waals surface area contributed by atoms with Crippen LogP contribution in [0.15, 0.2) is 88.6 Å². The minimum atomic E-state index is -0.112. The molecule has 5 aliphatic rings. The van der Waals surface area contributed by atoms with Gasteiger partial charge in [0.2, 0.25) is 0 Å². The van der Waals surface area contributed by atoms with Crippen LogP contribution in [0.1, 0.15) is 44.9 Å². The van der Waals surface area contributed by atoms with Gasteiger partial charge in [0.25, 0.3) is 0 Å². The molecule has 0 bridgehead atoms. The van der Waals surface area contributed by atoms with Gasteiger partial charge in [0.05, 0.1) is 27.5 Å². The predicted molar refractivity (Wildman–Crippen MR) is 142 cm³/mol. The Morgan fingerprint density at radius 2 is 2.03 bits per heavy atom. The zero-order valence-corrected chi connectivity index (χ0v) is 20.6. The maximum Gasteiger partial charge on any atom is 0.0936 e. The SMILES string of the molecule is N#CC1C=CC=NC1C1C=C(C2=CCCC(N3c4ccccc4[Si]C4C=CCCC43)=C2)CCC1. The van der Waals surface area contributed by atoms with E-state index in [9.17, 15) is 5.26 Å². The van der Waals surface area contributed by atoms with Crippen molar-refractivity contribution in [3.63, 3.8) is 0 Å². The predicted octanol–water partition coefficient (Wildman–Crippen LogP) is 5.82. The Morgan fingerprint density at radius 1 is 1.09 bits per heavy atom. The number of hydrogen-bond acceptors (Lipinski definition) is 3. The van der Waals surface area contributed by atoms with Gasteiger partial charge in [0.15, 0.2) is 0 Å². The van der Waals surface area contributed by atoms with Gasteiger partial charge in [-0.15, -0.1) is 0 Å². The Hall–Kier alpha value is -2.90. The molecule has 0 aromatic heterocycles. The molecule has 2 aliphatic heterocycles. The molecule has 3 nitrogen and oxygen atoms in total. The molecular weight excluding hydrogens is 430 g/mol. The van der Waals surface area contributed by atoms with E-state index in [2.05, 4.69) is 65.6 Å². The van der Waals surface area contributed by atoms with E-state index in [0.717, 1.165) is 35.2 Å². The van der Waals surface area contributed by atoms with Gasteiger partial charge < -0.3 is 4.90 Å². The summed E-state index contributed by atoms with van der Waals surface area (Å²) in [6.45, 7) is 0. The third-order valence-electron chi connectivity index (χ3n) is 7.99. The number of aliphatic imine (C=N–C) groups is 1. The topological polar surface area (TPSA) is 39.4 Å². The second kappa shape index (κ2) is 9.39. The van der Waals surface area contributed by atoms with Gasteiger partial charge >= 0.3 is 0 Å². The van der Waals surface area contributed by atoms with Crippen molar-refractivity contribution in [3.05, 3.63) is 83.6 Å². The van der Waals surface area contributed by atoms with Crippen molar-refractivity contribution in [2.45, 2.75) is 62.6 Å². The maximum atomic E-state index is 9.63. The second-order valence-corrected chi connectivity index (χ2v) is 11.5. The largest absolute Gasteiger partial charge is 0.342 e. The number of benzene rings is 1. The number of fused-ring (bicyclic) bond motifs is 2. The number of rotatable bonds is 3. The second-order valence-electron chi connectivity index (χ2n) is 10.0. The monoisotopic (exact) mass is 461 g/mol. The molecular formula is C30H31N3Si. The Kier molecular flexibility index (Phi) is 5.97. The summed E-state index contributed by atoms with van der Waals surface area (Å²) in [6, 6.07) is 12.2. The molecule has 4 heteroatoms. The summed E-state index contributed by atoms with van der Waals surface area (Å²) >= 11 is 0. The first kappa shape index (κ1) is 21.6. The smallest absolute Gasteiger partial charge is 0.0936 e. The highest BCUT2D eigenvalue weighted by Gasteiger charge is 2.36. The molecule has 0 N–H and O–H groups in total. The van der Waals surface area contributed by atoms with E-state index in [1.54, 1.807) is 0 Å². The van der Waals surface area contributed by atoms with Crippen molar-refractivity contribution in [1.82, 2.24) is 0 Å². The molecule has 0 amide bonds. The zero-order valence-electron chi connectivity index (χ0n) is 19.6. The Bertz CT molecular complexity index is 1180. The van der Waals surface area contributed by atoms with Gasteiger partial charge in [-0.3, -0.25) is 4.99 Å². The molecule has 0 fully saturated rings. The molecule has 0 spiro atoms. The minimum absolute atomic E-state index is 0.0580. The Balaban J connectivity index is 1.32. The fourth-order valence-corrected chi connectivity index (χ4v) is 8.01. The van der Waals surface area contributed by atoms with Crippen LogP contribution < -0.4 is 10.1 Å². The van der Waals surface area contributed by atoms with E-state index in [1.165, 1.54) is 47.0 Å². The van der Waals surface area contributed by atoms with Crippen molar-refractivity contribution < 1.29 is 0 Å². The number of allylic oxidation sites excluding steroid dienone is 7. The molecule has 3 aliphatic carbocycles. The van der Waals surface area contributed by atoms with Crippen LogP contribution >= 0.6 is 0 Å². The fourth-order valence-electron chi connectivity index (χ4n) is 6.37. The van der Waals surface area contributed by atoms with E-state index in [1.807, 2.05) is 18.4 Å². The third kappa shape index (κ3) is 3.97. The molecule has 6 rings (SSSR count). The normalized spacial score (nSPS) is 32.1. The van der Waals surface area contributed by atoms with Gasteiger partial charge in [-0.05, 0) is 85.0 Å². The Morgan fingerprint density at radius 3 is 2.97 bits per heavy atom. The molecule has 1 aromatic carbocycles. The quantitative estimate of drug-likeness (QED) is 0.420.